The molecule has 2 aromatic carbocycles. The molecule has 4 heteroatoms. The molecule has 1 unspecified atom stereocenters. The molecule has 1 aliphatic rings. The summed E-state index contributed by atoms with van der Waals surface area (Å²) in [6.45, 7) is 0.615. The molecule has 1 N–H and O–H groups in total. The number of aliphatic hydroxyl groups is 1. The van der Waals surface area contributed by atoms with Crippen LogP contribution in [0.15, 0.2) is 48.5 Å². The fraction of sp³-hybridized carbons (Fsp3) is 0.350. The van der Waals surface area contributed by atoms with Crippen molar-refractivity contribution in [2.75, 3.05) is 20.3 Å². The van der Waals surface area contributed by atoms with Gasteiger partial charge in [-0.25, -0.2) is 0 Å². The van der Waals surface area contributed by atoms with Crippen molar-refractivity contribution in [3.8, 4) is 5.75 Å². The number of ether oxygens (including phenoxy) is 1. The van der Waals surface area contributed by atoms with E-state index in [9.17, 15) is 9.90 Å². The monoisotopic (exact) mass is 325 g/mol. The average Bonchev–Trinajstić information content (AvgIpc) is 2.65. The molecule has 4 nitrogen and oxygen atoms in total. The summed E-state index contributed by atoms with van der Waals surface area (Å²) < 4.78 is 5.35. The Morgan fingerprint density at radius 1 is 1.21 bits per heavy atom. The summed E-state index contributed by atoms with van der Waals surface area (Å²) in [7, 11) is 1.64. The van der Waals surface area contributed by atoms with Crippen molar-refractivity contribution in [3.05, 3.63) is 65.2 Å². The third-order valence-electron chi connectivity index (χ3n) is 4.71. The van der Waals surface area contributed by atoms with Gasteiger partial charge in [0.2, 0.25) is 5.91 Å². The molecule has 0 aliphatic carbocycles. The lowest BCUT2D eigenvalue weighted by atomic mass is 9.92. The van der Waals surface area contributed by atoms with Gasteiger partial charge in [0.05, 0.1) is 19.8 Å². The molecule has 1 aliphatic heterocycles. The van der Waals surface area contributed by atoms with E-state index in [0.29, 0.717) is 19.4 Å². The topological polar surface area (TPSA) is 49.8 Å². The number of rotatable bonds is 5. The minimum Gasteiger partial charge on any atom is -0.496 e. The molecule has 0 fully saturated rings. The van der Waals surface area contributed by atoms with Crippen molar-refractivity contribution in [1.29, 1.82) is 0 Å². The van der Waals surface area contributed by atoms with E-state index in [-0.39, 0.29) is 18.6 Å². The molecule has 1 atom stereocenters. The summed E-state index contributed by atoms with van der Waals surface area (Å²) in [5.41, 5.74) is 3.33. The average molecular weight is 325 g/mol. The van der Waals surface area contributed by atoms with E-state index in [1.165, 1.54) is 5.56 Å². The molecule has 0 saturated heterocycles. The number of amides is 1. The number of aryl methyl sites for hydroxylation is 1. The van der Waals surface area contributed by atoms with Gasteiger partial charge in [0, 0.05) is 13.0 Å². The second kappa shape index (κ2) is 7.49. The highest BCUT2D eigenvalue weighted by Gasteiger charge is 2.29. The van der Waals surface area contributed by atoms with Crippen LogP contribution in [-0.4, -0.2) is 36.2 Å². The van der Waals surface area contributed by atoms with Crippen LogP contribution in [0.25, 0.3) is 0 Å². The van der Waals surface area contributed by atoms with E-state index in [4.69, 9.17) is 4.74 Å². The molecule has 0 spiro atoms. The smallest absolute Gasteiger partial charge is 0.223 e. The zero-order chi connectivity index (χ0) is 16.9. The lowest BCUT2D eigenvalue weighted by molar-refractivity contribution is -0.135. The van der Waals surface area contributed by atoms with E-state index in [1.54, 1.807) is 7.11 Å². The van der Waals surface area contributed by atoms with E-state index in [2.05, 4.69) is 6.07 Å². The van der Waals surface area contributed by atoms with Gasteiger partial charge in [0.25, 0.3) is 0 Å². The van der Waals surface area contributed by atoms with Crippen molar-refractivity contribution in [2.24, 2.45) is 0 Å². The summed E-state index contributed by atoms with van der Waals surface area (Å²) in [5, 5.41) is 9.81. The first-order valence-electron chi connectivity index (χ1n) is 8.34. The highest BCUT2D eigenvalue weighted by molar-refractivity contribution is 5.77. The van der Waals surface area contributed by atoms with Gasteiger partial charge in [0.1, 0.15) is 5.75 Å². The lowest BCUT2D eigenvalue weighted by Crippen LogP contribution is -2.41. The minimum atomic E-state index is -0.236. The van der Waals surface area contributed by atoms with Crippen molar-refractivity contribution < 1.29 is 14.6 Å². The van der Waals surface area contributed by atoms with Crippen LogP contribution in [0.5, 0.6) is 5.75 Å². The standard InChI is InChI=1S/C20H23NO3/c1-24-19-9-5-3-7-16(19)10-11-20(23)21-13-12-15-6-2-4-8-17(15)18(21)14-22/h2-9,18,22H,10-14H2,1H3. The third kappa shape index (κ3) is 3.29. The van der Waals surface area contributed by atoms with Gasteiger partial charge in [-0.15, -0.1) is 0 Å². The zero-order valence-electron chi connectivity index (χ0n) is 13.9. The second-order valence-electron chi connectivity index (χ2n) is 6.05. The molecular weight excluding hydrogens is 302 g/mol. The maximum atomic E-state index is 12.7. The van der Waals surface area contributed by atoms with E-state index >= 15 is 0 Å². The highest BCUT2D eigenvalue weighted by Crippen LogP contribution is 2.30. The zero-order valence-corrected chi connectivity index (χ0v) is 13.9. The number of carbonyl (C=O) groups is 1. The van der Waals surface area contributed by atoms with Gasteiger partial charge in [-0.3, -0.25) is 4.79 Å². The van der Waals surface area contributed by atoms with E-state index in [1.807, 2.05) is 47.4 Å². The summed E-state index contributed by atoms with van der Waals surface area (Å²) in [4.78, 5) is 14.5. The SMILES string of the molecule is COc1ccccc1CCC(=O)N1CCc2ccccc2C1CO. The van der Waals surface area contributed by atoms with Gasteiger partial charge in [-0.1, -0.05) is 42.5 Å². The van der Waals surface area contributed by atoms with Crippen molar-refractivity contribution in [1.82, 2.24) is 4.90 Å². The first-order chi connectivity index (χ1) is 11.7. The Kier molecular flexibility index (Phi) is 5.16. The molecule has 1 amide bonds. The largest absolute Gasteiger partial charge is 0.496 e. The number of para-hydroxylation sites is 1. The molecule has 24 heavy (non-hydrogen) atoms. The minimum absolute atomic E-state index is 0.0442. The number of methoxy groups -OCH3 is 1. The van der Waals surface area contributed by atoms with Gasteiger partial charge in [-0.05, 0) is 35.6 Å². The quantitative estimate of drug-likeness (QED) is 0.919. The predicted octanol–water partition coefficient (Wildman–Crippen LogP) is 2.75. The molecule has 0 aromatic heterocycles. The molecule has 2 aromatic rings. The Labute approximate surface area is 142 Å². The second-order valence-corrected chi connectivity index (χ2v) is 6.05. The van der Waals surface area contributed by atoms with Crippen LogP contribution in [0.3, 0.4) is 0 Å². The summed E-state index contributed by atoms with van der Waals surface area (Å²) in [6, 6.07) is 15.6. The fourth-order valence-corrected chi connectivity index (χ4v) is 3.44. The number of benzene rings is 2. The fourth-order valence-electron chi connectivity index (χ4n) is 3.44. The number of nitrogens with zero attached hydrogens (tertiary/aromatic N) is 1. The Hall–Kier alpha value is -2.33. The molecule has 0 radical (unpaired) electrons. The van der Waals surface area contributed by atoms with Crippen molar-refractivity contribution in [3.63, 3.8) is 0 Å². The molecule has 0 saturated carbocycles. The van der Waals surface area contributed by atoms with Gasteiger partial charge in [0.15, 0.2) is 0 Å². The van der Waals surface area contributed by atoms with Gasteiger partial charge >= 0.3 is 0 Å². The molecular formula is C20H23NO3. The Balaban J connectivity index is 1.71. The summed E-state index contributed by atoms with van der Waals surface area (Å²) >= 11 is 0. The van der Waals surface area contributed by atoms with Crippen LogP contribution >= 0.6 is 0 Å². The number of fused-ring (bicyclic) bond motifs is 1. The first kappa shape index (κ1) is 16.5. The molecule has 0 bridgehead atoms. The summed E-state index contributed by atoms with van der Waals surface area (Å²) in [6.07, 6.45) is 1.89. The van der Waals surface area contributed by atoms with Crippen LogP contribution in [0.4, 0.5) is 0 Å². The first-order valence-corrected chi connectivity index (χ1v) is 8.34. The number of hydrogen-bond acceptors (Lipinski definition) is 3. The predicted molar refractivity (Wildman–Crippen MR) is 93.0 cm³/mol. The van der Waals surface area contributed by atoms with Crippen LogP contribution in [0.2, 0.25) is 0 Å². The Morgan fingerprint density at radius 2 is 1.96 bits per heavy atom. The van der Waals surface area contributed by atoms with Crippen LogP contribution in [0, 0.1) is 0 Å². The van der Waals surface area contributed by atoms with Gasteiger partial charge < -0.3 is 14.7 Å². The normalized spacial score (nSPS) is 16.6. The van der Waals surface area contributed by atoms with E-state index < -0.39 is 0 Å². The van der Waals surface area contributed by atoms with Crippen LogP contribution in [-0.2, 0) is 17.6 Å². The number of aliphatic hydroxyl groups excluding tert-OH is 1. The van der Waals surface area contributed by atoms with E-state index in [0.717, 1.165) is 23.3 Å². The number of carbonyl (C=O) groups excluding carboxylic acids is 1. The molecule has 3 rings (SSSR count). The van der Waals surface area contributed by atoms with Crippen molar-refractivity contribution in [2.45, 2.75) is 25.3 Å². The third-order valence-corrected chi connectivity index (χ3v) is 4.71. The van der Waals surface area contributed by atoms with Gasteiger partial charge in [-0.2, -0.15) is 0 Å². The van der Waals surface area contributed by atoms with Crippen LogP contribution in [0.1, 0.15) is 29.2 Å². The van der Waals surface area contributed by atoms with Crippen molar-refractivity contribution >= 4 is 5.91 Å². The maximum Gasteiger partial charge on any atom is 0.223 e. The Morgan fingerprint density at radius 3 is 2.75 bits per heavy atom. The maximum absolute atomic E-state index is 12.7. The molecule has 126 valence electrons. The summed E-state index contributed by atoms with van der Waals surface area (Å²) in [5.74, 6) is 0.891. The van der Waals surface area contributed by atoms with Crippen LogP contribution < -0.4 is 4.74 Å². The molecule has 1 heterocycles. The lowest BCUT2D eigenvalue weighted by Gasteiger charge is -2.36. The Bertz CT molecular complexity index is 714. The number of hydrogen-bond donors (Lipinski definition) is 1. The highest BCUT2D eigenvalue weighted by atomic mass is 16.5.